The Bertz CT molecular complexity index is 598. The topological polar surface area (TPSA) is 69.6 Å². The average Bonchev–Trinajstić information content (AvgIpc) is 2.62. The van der Waals surface area contributed by atoms with Gasteiger partial charge in [0.05, 0.1) is 5.69 Å². The second kappa shape index (κ2) is 5.38. The van der Waals surface area contributed by atoms with Crippen LogP contribution in [-0.4, -0.2) is 19.7 Å². The molecule has 0 aromatic carbocycles. The highest BCUT2D eigenvalue weighted by atomic mass is 35.5. The SMILES string of the molecule is Nc1ccc(Cl)nc1Sc1nnc2n1CCCCC2. The van der Waals surface area contributed by atoms with Crippen LogP contribution in [-0.2, 0) is 13.0 Å². The van der Waals surface area contributed by atoms with E-state index >= 15 is 0 Å². The summed E-state index contributed by atoms with van der Waals surface area (Å²) >= 11 is 7.33. The van der Waals surface area contributed by atoms with Gasteiger partial charge in [-0.1, -0.05) is 18.0 Å². The molecule has 1 aliphatic heterocycles. The minimum absolute atomic E-state index is 0.437. The highest BCUT2D eigenvalue weighted by molar-refractivity contribution is 7.99. The fraction of sp³-hybridized carbons (Fsp3) is 0.417. The lowest BCUT2D eigenvalue weighted by Gasteiger charge is -2.07. The maximum atomic E-state index is 5.91. The first-order valence-corrected chi connectivity index (χ1v) is 7.45. The quantitative estimate of drug-likeness (QED) is 0.863. The van der Waals surface area contributed by atoms with E-state index in [0.717, 1.165) is 30.4 Å². The van der Waals surface area contributed by atoms with Crippen LogP contribution in [0, 0.1) is 0 Å². The molecule has 3 heterocycles. The molecule has 0 fully saturated rings. The van der Waals surface area contributed by atoms with Crippen LogP contribution in [0.1, 0.15) is 25.1 Å². The normalized spacial score (nSPS) is 15.0. The minimum atomic E-state index is 0.437. The van der Waals surface area contributed by atoms with Crippen LogP contribution in [0.2, 0.25) is 5.15 Å². The molecule has 100 valence electrons. The predicted molar refractivity (Wildman–Crippen MR) is 75.4 cm³/mol. The van der Waals surface area contributed by atoms with Crippen molar-refractivity contribution in [3.63, 3.8) is 0 Å². The highest BCUT2D eigenvalue weighted by Gasteiger charge is 2.17. The molecule has 2 aromatic heterocycles. The van der Waals surface area contributed by atoms with Gasteiger partial charge in [-0.15, -0.1) is 10.2 Å². The second-order valence-electron chi connectivity index (χ2n) is 4.49. The molecule has 1 aliphatic rings. The zero-order valence-electron chi connectivity index (χ0n) is 10.3. The summed E-state index contributed by atoms with van der Waals surface area (Å²) < 4.78 is 2.17. The van der Waals surface area contributed by atoms with E-state index < -0.39 is 0 Å². The number of nitrogens with zero attached hydrogens (tertiary/aromatic N) is 4. The number of hydrogen-bond acceptors (Lipinski definition) is 5. The van der Waals surface area contributed by atoms with E-state index in [0.29, 0.717) is 15.9 Å². The molecule has 19 heavy (non-hydrogen) atoms. The van der Waals surface area contributed by atoms with E-state index in [-0.39, 0.29) is 0 Å². The number of aromatic nitrogens is 4. The Morgan fingerprint density at radius 1 is 1.21 bits per heavy atom. The molecule has 0 unspecified atom stereocenters. The number of halogens is 1. The Balaban J connectivity index is 1.91. The molecule has 0 amide bonds. The zero-order chi connectivity index (χ0) is 13.2. The van der Waals surface area contributed by atoms with Crippen LogP contribution in [0.4, 0.5) is 5.69 Å². The number of fused-ring (bicyclic) bond motifs is 1. The maximum Gasteiger partial charge on any atom is 0.197 e. The number of aryl methyl sites for hydroxylation is 1. The molecule has 3 rings (SSSR count). The van der Waals surface area contributed by atoms with Gasteiger partial charge in [0.15, 0.2) is 5.16 Å². The molecule has 0 saturated carbocycles. The van der Waals surface area contributed by atoms with E-state index in [1.54, 1.807) is 12.1 Å². The first kappa shape index (κ1) is 12.7. The molecule has 2 N–H and O–H groups in total. The highest BCUT2D eigenvalue weighted by Crippen LogP contribution is 2.31. The van der Waals surface area contributed by atoms with Crippen molar-refractivity contribution in [2.75, 3.05) is 5.73 Å². The summed E-state index contributed by atoms with van der Waals surface area (Å²) in [6.07, 6.45) is 4.58. The number of nitrogens with two attached hydrogens (primary N) is 1. The number of rotatable bonds is 2. The summed E-state index contributed by atoms with van der Waals surface area (Å²) in [5.74, 6) is 1.06. The Morgan fingerprint density at radius 2 is 2.11 bits per heavy atom. The summed E-state index contributed by atoms with van der Waals surface area (Å²) in [5.41, 5.74) is 6.53. The Labute approximate surface area is 120 Å². The average molecular weight is 296 g/mol. The lowest BCUT2D eigenvalue weighted by Crippen LogP contribution is -2.02. The van der Waals surface area contributed by atoms with Gasteiger partial charge in [-0.3, -0.25) is 0 Å². The van der Waals surface area contributed by atoms with Gasteiger partial charge in [0.25, 0.3) is 0 Å². The van der Waals surface area contributed by atoms with Crippen LogP contribution in [0.3, 0.4) is 0 Å². The molecule has 0 atom stereocenters. The Kier molecular flexibility index (Phi) is 3.61. The monoisotopic (exact) mass is 295 g/mol. The molecular weight excluding hydrogens is 282 g/mol. The third-order valence-electron chi connectivity index (χ3n) is 3.12. The van der Waals surface area contributed by atoms with Gasteiger partial charge in [0, 0.05) is 13.0 Å². The zero-order valence-corrected chi connectivity index (χ0v) is 11.9. The molecular formula is C12H14ClN5S. The van der Waals surface area contributed by atoms with Gasteiger partial charge < -0.3 is 10.3 Å². The summed E-state index contributed by atoms with van der Waals surface area (Å²) in [6, 6.07) is 3.45. The fourth-order valence-electron chi connectivity index (χ4n) is 2.13. The van der Waals surface area contributed by atoms with Crippen LogP contribution >= 0.6 is 23.4 Å². The van der Waals surface area contributed by atoms with E-state index in [1.165, 1.54) is 24.6 Å². The molecule has 0 bridgehead atoms. The third-order valence-corrected chi connectivity index (χ3v) is 4.33. The van der Waals surface area contributed by atoms with Crippen molar-refractivity contribution in [1.82, 2.24) is 19.7 Å². The number of nitrogen functional groups attached to an aromatic ring is 1. The van der Waals surface area contributed by atoms with Crippen molar-refractivity contribution in [2.45, 2.75) is 42.4 Å². The number of pyridine rings is 1. The molecule has 2 aromatic rings. The number of anilines is 1. The first-order valence-electron chi connectivity index (χ1n) is 6.26. The standard InChI is InChI=1S/C12H14ClN5S/c13-9-6-5-8(14)11(15-9)19-12-17-16-10-4-2-1-3-7-18(10)12/h5-6H,1-4,7,14H2. The van der Waals surface area contributed by atoms with Crippen LogP contribution in [0.15, 0.2) is 22.3 Å². The lowest BCUT2D eigenvalue weighted by molar-refractivity contribution is 0.590. The van der Waals surface area contributed by atoms with Crippen LogP contribution < -0.4 is 5.73 Å². The van der Waals surface area contributed by atoms with E-state index in [1.807, 2.05) is 0 Å². The second-order valence-corrected chi connectivity index (χ2v) is 5.83. The van der Waals surface area contributed by atoms with Crippen molar-refractivity contribution in [3.8, 4) is 0 Å². The van der Waals surface area contributed by atoms with Crippen molar-refractivity contribution in [3.05, 3.63) is 23.1 Å². The van der Waals surface area contributed by atoms with Gasteiger partial charge in [-0.25, -0.2) is 4.98 Å². The predicted octanol–water partition coefficient (Wildman–Crippen LogP) is 2.79. The van der Waals surface area contributed by atoms with Crippen molar-refractivity contribution >= 4 is 29.1 Å². The molecule has 7 heteroatoms. The van der Waals surface area contributed by atoms with E-state index in [2.05, 4.69) is 19.7 Å². The minimum Gasteiger partial charge on any atom is -0.397 e. The van der Waals surface area contributed by atoms with Gasteiger partial charge in [-0.05, 0) is 36.7 Å². The van der Waals surface area contributed by atoms with Crippen molar-refractivity contribution in [1.29, 1.82) is 0 Å². The molecule has 0 radical (unpaired) electrons. The summed E-state index contributed by atoms with van der Waals surface area (Å²) in [6.45, 7) is 0.963. The number of hydrogen-bond donors (Lipinski definition) is 1. The summed E-state index contributed by atoms with van der Waals surface area (Å²) in [7, 11) is 0. The van der Waals surface area contributed by atoms with Gasteiger partial charge >= 0.3 is 0 Å². The van der Waals surface area contributed by atoms with Crippen LogP contribution in [0.5, 0.6) is 0 Å². The fourth-order valence-corrected chi connectivity index (χ4v) is 3.22. The van der Waals surface area contributed by atoms with E-state index in [9.17, 15) is 0 Å². The van der Waals surface area contributed by atoms with Gasteiger partial charge in [0.2, 0.25) is 0 Å². The summed E-state index contributed by atoms with van der Waals surface area (Å²) in [5, 5.41) is 10.5. The maximum absolute atomic E-state index is 5.91. The molecule has 0 saturated heterocycles. The molecule has 0 aliphatic carbocycles. The van der Waals surface area contributed by atoms with E-state index in [4.69, 9.17) is 17.3 Å². The first-order chi connectivity index (χ1) is 9.24. The van der Waals surface area contributed by atoms with Gasteiger partial charge in [0.1, 0.15) is 16.0 Å². The van der Waals surface area contributed by atoms with Crippen molar-refractivity contribution in [2.24, 2.45) is 0 Å². The Morgan fingerprint density at radius 3 is 3.00 bits per heavy atom. The molecule has 5 nitrogen and oxygen atoms in total. The lowest BCUT2D eigenvalue weighted by atomic mass is 10.2. The summed E-state index contributed by atoms with van der Waals surface area (Å²) in [4.78, 5) is 4.24. The third kappa shape index (κ3) is 2.69. The Hall–Kier alpha value is -1.27. The van der Waals surface area contributed by atoms with Crippen molar-refractivity contribution < 1.29 is 0 Å². The molecule has 0 spiro atoms. The van der Waals surface area contributed by atoms with Gasteiger partial charge in [-0.2, -0.15) is 0 Å². The largest absolute Gasteiger partial charge is 0.397 e. The smallest absolute Gasteiger partial charge is 0.197 e. The van der Waals surface area contributed by atoms with Crippen LogP contribution in [0.25, 0.3) is 0 Å².